The van der Waals surface area contributed by atoms with E-state index in [2.05, 4.69) is 0 Å². The van der Waals surface area contributed by atoms with Crippen LogP contribution in [0.4, 0.5) is 0 Å². The molecule has 0 fully saturated rings. The standard InChI is InChI=1S/C7H11ClO5/c8-4(2-6(10)11)1-5(9)3-7(12)13/h4-5,9H,1-3H2,(H,10,11)(H,12,13). The first-order valence-electron chi connectivity index (χ1n) is 3.67. The first kappa shape index (κ1) is 12.2. The third-order valence-corrected chi connectivity index (χ3v) is 1.67. The molecule has 0 radical (unpaired) electrons. The number of hydrogen-bond acceptors (Lipinski definition) is 3. The molecule has 0 saturated carbocycles. The summed E-state index contributed by atoms with van der Waals surface area (Å²) in [6.07, 6.45) is -1.80. The first-order valence-corrected chi connectivity index (χ1v) is 4.11. The molecule has 0 amide bonds. The quantitative estimate of drug-likeness (QED) is 0.548. The van der Waals surface area contributed by atoms with Gasteiger partial charge in [0.1, 0.15) is 0 Å². The number of aliphatic carboxylic acids is 2. The second-order valence-electron chi connectivity index (χ2n) is 2.68. The minimum absolute atomic E-state index is 0.0276. The van der Waals surface area contributed by atoms with E-state index in [1.807, 2.05) is 0 Å². The van der Waals surface area contributed by atoms with Crippen molar-refractivity contribution in [2.75, 3.05) is 0 Å². The van der Waals surface area contributed by atoms with Crippen molar-refractivity contribution in [2.45, 2.75) is 30.7 Å². The number of alkyl halides is 1. The Balaban J connectivity index is 3.70. The van der Waals surface area contributed by atoms with Crippen LogP contribution in [0.5, 0.6) is 0 Å². The second-order valence-corrected chi connectivity index (χ2v) is 3.30. The Morgan fingerprint density at radius 3 is 2.00 bits per heavy atom. The van der Waals surface area contributed by atoms with Crippen LogP contribution < -0.4 is 0 Å². The van der Waals surface area contributed by atoms with Crippen LogP contribution in [-0.4, -0.2) is 38.7 Å². The molecule has 0 bridgehead atoms. The predicted octanol–water partition coefficient (Wildman–Crippen LogP) is 0.294. The van der Waals surface area contributed by atoms with Gasteiger partial charge in [-0.3, -0.25) is 9.59 Å². The van der Waals surface area contributed by atoms with Crippen LogP contribution in [0.1, 0.15) is 19.3 Å². The molecule has 0 rings (SSSR count). The Bertz CT molecular complexity index is 173. The number of carboxylic acid groups (broad SMARTS) is 2. The lowest BCUT2D eigenvalue weighted by Gasteiger charge is -2.10. The second kappa shape index (κ2) is 5.77. The van der Waals surface area contributed by atoms with Crippen molar-refractivity contribution in [3.05, 3.63) is 0 Å². The highest BCUT2D eigenvalue weighted by atomic mass is 35.5. The summed E-state index contributed by atoms with van der Waals surface area (Å²) in [7, 11) is 0. The van der Waals surface area contributed by atoms with E-state index in [1.165, 1.54) is 0 Å². The van der Waals surface area contributed by atoms with Gasteiger partial charge in [-0.25, -0.2) is 0 Å². The molecule has 2 atom stereocenters. The Morgan fingerprint density at radius 1 is 1.15 bits per heavy atom. The summed E-state index contributed by atoms with van der Waals surface area (Å²) in [6, 6.07) is 0. The fourth-order valence-electron chi connectivity index (χ4n) is 0.853. The molecule has 2 unspecified atom stereocenters. The normalized spacial score (nSPS) is 14.9. The maximum absolute atomic E-state index is 10.1. The SMILES string of the molecule is O=C(O)CC(O)CC(Cl)CC(=O)O. The molecule has 0 heterocycles. The Hall–Kier alpha value is -0.810. The summed E-state index contributed by atoms with van der Waals surface area (Å²) in [5.41, 5.74) is 0. The number of carbonyl (C=O) groups is 2. The van der Waals surface area contributed by atoms with E-state index >= 15 is 0 Å². The topological polar surface area (TPSA) is 94.8 Å². The molecule has 0 aliphatic carbocycles. The molecule has 0 aromatic carbocycles. The van der Waals surface area contributed by atoms with E-state index < -0.39 is 29.8 Å². The highest BCUT2D eigenvalue weighted by molar-refractivity contribution is 6.21. The maximum Gasteiger partial charge on any atom is 0.305 e. The van der Waals surface area contributed by atoms with E-state index in [1.54, 1.807) is 0 Å². The van der Waals surface area contributed by atoms with Crippen LogP contribution >= 0.6 is 11.6 Å². The minimum Gasteiger partial charge on any atom is -0.481 e. The Kier molecular flexibility index (Phi) is 5.41. The summed E-state index contributed by atoms with van der Waals surface area (Å²) in [5, 5.41) is 24.9. The number of aliphatic hydroxyl groups excluding tert-OH is 1. The van der Waals surface area contributed by atoms with Gasteiger partial charge in [-0.15, -0.1) is 11.6 Å². The van der Waals surface area contributed by atoms with Gasteiger partial charge in [0.05, 0.1) is 18.9 Å². The van der Waals surface area contributed by atoms with E-state index in [9.17, 15) is 9.59 Å². The van der Waals surface area contributed by atoms with Crippen LogP contribution in [0.3, 0.4) is 0 Å². The number of rotatable bonds is 6. The fraction of sp³-hybridized carbons (Fsp3) is 0.714. The van der Waals surface area contributed by atoms with Gasteiger partial charge in [0.2, 0.25) is 0 Å². The van der Waals surface area contributed by atoms with E-state index in [4.69, 9.17) is 26.9 Å². The molecule has 0 saturated heterocycles. The van der Waals surface area contributed by atoms with E-state index in [0.29, 0.717) is 0 Å². The molecule has 0 aliphatic heterocycles. The fourth-order valence-corrected chi connectivity index (χ4v) is 1.19. The lowest BCUT2D eigenvalue weighted by molar-refractivity contribution is -0.139. The predicted molar refractivity (Wildman–Crippen MR) is 44.8 cm³/mol. The smallest absolute Gasteiger partial charge is 0.305 e. The summed E-state index contributed by atoms with van der Waals surface area (Å²) in [5.74, 6) is -2.20. The van der Waals surface area contributed by atoms with Crippen molar-refractivity contribution in [2.24, 2.45) is 0 Å². The highest BCUT2D eigenvalue weighted by Crippen LogP contribution is 2.12. The molecule has 5 nitrogen and oxygen atoms in total. The van der Waals surface area contributed by atoms with E-state index in [-0.39, 0.29) is 12.8 Å². The molecular formula is C7H11ClO5. The third-order valence-electron chi connectivity index (χ3n) is 1.33. The van der Waals surface area contributed by atoms with Gasteiger partial charge in [0.15, 0.2) is 0 Å². The van der Waals surface area contributed by atoms with Crippen LogP contribution in [0.25, 0.3) is 0 Å². The number of aliphatic hydroxyl groups is 1. The van der Waals surface area contributed by atoms with Crippen LogP contribution in [-0.2, 0) is 9.59 Å². The van der Waals surface area contributed by atoms with Crippen molar-refractivity contribution < 1.29 is 24.9 Å². The molecule has 6 heteroatoms. The van der Waals surface area contributed by atoms with Gasteiger partial charge in [-0.2, -0.15) is 0 Å². The molecule has 0 aliphatic rings. The number of halogens is 1. The van der Waals surface area contributed by atoms with Crippen molar-refractivity contribution in [1.29, 1.82) is 0 Å². The Labute approximate surface area is 79.9 Å². The molecule has 0 aromatic heterocycles. The van der Waals surface area contributed by atoms with Crippen molar-refractivity contribution >= 4 is 23.5 Å². The Morgan fingerprint density at radius 2 is 1.62 bits per heavy atom. The lowest BCUT2D eigenvalue weighted by atomic mass is 10.1. The zero-order valence-electron chi connectivity index (χ0n) is 6.81. The van der Waals surface area contributed by atoms with Crippen LogP contribution in [0.2, 0.25) is 0 Å². The van der Waals surface area contributed by atoms with E-state index in [0.717, 1.165) is 0 Å². The van der Waals surface area contributed by atoms with Gasteiger partial charge in [-0.05, 0) is 6.42 Å². The summed E-state index contributed by atoms with van der Waals surface area (Å²) >= 11 is 5.52. The summed E-state index contributed by atoms with van der Waals surface area (Å²) < 4.78 is 0. The highest BCUT2D eigenvalue weighted by Gasteiger charge is 2.17. The van der Waals surface area contributed by atoms with Gasteiger partial charge >= 0.3 is 11.9 Å². The van der Waals surface area contributed by atoms with Crippen LogP contribution in [0, 0.1) is 0 Å². The minimum atomic E-state index is -1.13. The molecule has 76 valence electrons. The number of hydrogen-bond donors (Lipinski definition) is 3. The van der Waals surface area contributed by atoms with Crippen LogP contribution in [0.15, 0.2) is 0 Å². The molecule has 0 spiro atoms. The molecule has 13 heavy (non-hydrogen) atoms. The average molecular weight is 211 g/mol. The number of carboxylic acids is 2. The van der Waals surface area contributed by atoms with Crippen molar-refractivity contribution in [3.63, 3.8) is 0 Å². The van der Waals surface area contributed by atoms with Gasteiger partial charge < -0.3 is 15.3 Å². The first-order chi connectivity index (χ1) is 5.91. The third kappa shape index (κ3) is 7.55. The summed E-state index contributed by atoms with van der Waals surface area (Å²) in [6.45, 7) is 0. The zero-order valence-corrected chi connectivity index (χ0v) is 7.57. The van der Waals surface area contributed by atoms with Gasteiger partial charge in [0, 0.05) is 5.38 Å². The maximum atomic E-state index is 10.1. The molecule has 3 N–H and O–H groups in total. The van der Waals surface area contributed by atoms with Crippen molar-refractivity contribution in [3.8, 4) is 0 Å². The zero-order chi connectivity index (χ0) is 10.4. The molecule has 0 aromatic rings. The molecular weight excluding hydrogens is 200 g/mol. The largest absolute Gasteiger partial charge is 0.481 e. The summed E-state index contributed by atoms with van der Waals surface area (Å²) in [4.78, 5) is 20.2. The lowest BCUT2D eigenvalue weighted by Crippen LogP contribution is -2.19. The van der Waals surface area contributed by atoms with Crippen molar-refractivity contribution in [1.82, 2.24) is 0 Å². The monoisotopic (exact) mass is 210 g/mol. The average Bonchev–Trinajstić information content (AvgIpc) is 1.80. The van der Waals surface area contributed by atoms with Gasteiger partial charge in [-0.1, -0.05) is 0 Å². The van der Waals surface area contributed by atoms with Gasteiger partial charge in [0.25, 0.3) is 0 Å².